The van der Waals surface area contributed by atoms with E-state index in [1.54, 1.807) is 12.1 Å². The van der Waals surface area contributed by atoms with Crippen LogP contribution in [-0.4, -0.2) is 20.5 Å². The molecule has 0 aliphatic rings. The quantitative estimate of drug-likeness (QED) is 0.666. The first-order valence-corrected chi connectivity index (χ1v) is 9.80. The van der Waals surface area contributed by atoms with E-state index in [-0.39, 0.29) is 28.1 Å². The van der Waals surface area contributed by atoms with Crippen molar-refractivity contribution in [1.82, 2.24) is 9.71 Å². The molecule has 0 spiro atoms. The number of methoxy groups -OCH3 is 1. The smallest absolute Gasteiger partial charge is 0.242 e. The van der Waals surface area contributed by atoms with E-state index in [1.807, 2.05) is 6.07 Å². The number of nitriles is 1. The van der Waals surface area contributed by atoms with Crippen molar-refractivity contribution in [2.24, 2.45) is 0 Å². The molecule has 0 radical (unpaired) electrons. The standard InChI is InChI=1S/C20H15F2N3O3S/c1-28-20-8-13(6-7-24-20)12-25-29(26,27)19-5-2-14(9-15(19)11-23)17-4-3-16(21)10-18(17)22/h2-10,25H,12H2,1H3. The topological polar surface area (TPSA) is 92.1 Å². The average Bonchev–Trinajstić information content (AvgIpc) is 2.72. The molecule has 1 heterocycles. The third kappa shape index (κ3) is 4.56. The van der Waals surface area contributed by atoms with Crippen LogP contribution in [-0.2, 0) is 16.6 Å². The summed E-state index contributed by atoms with van der Waals surface area (Å²) in [7, 11) is -2.58. The van der Waals surface area contributed by atoms with Gasteiger partial charge in [-0.05, 0) is 41.5 Å². The molecule has 3 aromatic rings. The fourth-order valence-corrected chi connectivity index (χ4v) is 3.82. The van der Waals surface area contributed by atoms with Crippen LogP contribution in [0.1, 0.15) is 11.1 Å². The summed E-state index contributed by atoms with van der Waals surface area (Å²) >= 11 is 0. The Balaban J connectivity index is 1.90. The van der Waals surface area contributed by atoms with Gasteiger partial charge in [0.15, 0.2) is 0 Å². The second-order valence-corrected chi connectivity index (χ2v) is 7.71. The summed E-state index contributed by atoms with van der Waals surface area (Å²) in [5.41, 5.74) is 0.774. The molecule has 9 heteroatoms. The SMILES string of the molecule is COc1cc(CNS(=O)(=O)c2ccc(-c3ccc(F)cc3F)cc2C#N)ccn1. The lowest BCUT2D eigenvalue weighted by atomic mass is 10.0. The van der Waals surface area contributed by atoms with Gasteiger partial charge < -0.3 is 4.74 Å². The largest absolute Gasteiger partial charge is 0.481 e. The Morgan fingerprint density at radius 1 is 1.14 bits per heavy atom. The average molecular weight is 415 g/mol. The molecule has 0 amide bonds. The van der Waals surface area contributed by atoms with Crippen LogP contribution in [0.15, 0.2) is 59.6 Å². The van der Waals surface area contributed by atoms with Crippen LogP contribution in [0.4, 0.5) is 8.78 Å². The molecule has 1 N–H and O–H groups in total. The third-order valence-electron chi connectivity index (χ3n) is 4.11. The Hall–Kier alpha value is -3.35. The molecule has 1 aromatic heterocycles. The number of nitrogens with zero attached hydrogens (tertiary/aromatic N) is 2. The lowest BCUT2D eigenvalue weighted by Crippen LogP contribution is -2.24. The van der Waals surface area contributed by atoms with Gasteiger partial charge in [0.2, 0.25) is 15.9 Å². The predicted octanol–water partition coefficient (Wildman–Crippen LogP) is 3.39. The van der Waals surface area contributed by atoms with E-state index in [0.717, 1.165) is 12.1 Å². The molecule has 148 valence electrons. The summed E-state index contributed by atoms with van der Waals surface area (Å²) in [4.78, 5) is 3.70. The van der Waals surface area contributed by atoms with Crippen LogP contribution in [0.25, 0.3) is 11.1 Å². The van der Waals surface area contributed by atoms with Gasteiger partial charge in [-0.2, -0.15) is 5.26 Å². The lowest BCUT2D eigenvalue weighted by Gasteiger charge is -2.11. The zero-order valence-electron chi connectivity index (χ0n) is 15.2. The van der Waals surface area contributed by atoms with Crippen molar-refractivity contribution in [3.63, 3.8) is 0 Å². The number of sulfonamides is 1. The minimum absolute atomic E-state index is 0.0412. The van der Waals surface area contributed by atoms with Crippen molar-refractivity contribution in [3.05, 3.63) is 77.5 Å². The summed E-state index contributed by atoms with van der Waals surface area (Å²) in [6.45, 7) is -0.0412. The van der Waals surface area contributed by atoms with E-state index in [4.69, 9.17) is 4.74 Å². The Morgan fingerprint density at radius 2 is 1.93 bits per heavy atom. The maximum atomic E-state index is 14.0. The predicted molar refractivity (Wildman–Crippen MR) is 101 cm³/mol. The number of hydrogen-bond donors (Lipinski definition) is 1. The third-order valence-corrected chi connectivity index (χ3v) is 5.57. The van der Waals surface area contributed by atoms with Gasteiger partial charge in [0.1, 0.15) is 17.7 Å². The Labute approximate surface area is 166 Å². The first-order chi connectivity index (χ1) is 13.8. The first kappa shape index (κ1) is 20.4. The first-order valence-electron chi connectivity index (χ1n) is 8.32. The number of ether oxygens (including phenoxy) is 1. The molecule has 29 heavy (non-hydrogen) atoms. The van der Waals surface area contributed by atoms with E-state index < -0.39 is 21.7 Å². The molecule has 0 bridgehead atoms. The van der Waals surface area contributed by atoms with Crippen molar-refractivity contribution in [2.45, 2.75) is 11.4 Å². The van der Waals surface area contributed by atoms with Crippen molar-refractivity contribution >= 4 is 10.0 Å². The van der Waals surface area contributed by atoms with Gasteiger partial charge in [-0.25, -0.2) is 26.9 Å². The monoisotopic (exact) mass is 415 g/mol. The fourth-order valence-electron chi connectivity index (χ4n) is 2.67. The molecule has 0 saturated carbocycles. The second-order valence-electron chi connectivity index (χ2n) is 5.98. The summed E-state index contributed by atoms with van der Waals surface area (Å²) in [6.07, 6.45) is 1.48. The molecular formula is C20H15F2N3O3S. The summed E-state index contributed by atoms with van der Waals surface area (Å²) in [5.74, 6) is -1.21. The molecule has 6 nitrogen and oxygen atoms in total. The van der Waals surface area contributed by atoms with Gasteiger partial charge in [-0.15, -0.1) is 0 Å². The highest BCUT2D eigenvalue weighted by molar-refractivity contribution is 7.89. The van der Waals surface area contributed by atoms with E-state index >= 15 is 0 Å². The minimum atomic E-state index is -4.02. The highest BCUT2D eigenvalue weighted by Gasteiger charge is 2.20. The van der Waals surface area contributed by atoms with Crippen molar-refractivity contribution < 1.29 is 21.9 Å². The number of benzene rings is 2. The summed E-state index contributed by atoms with van der Waals surface area (Å²) in [5, 5.41) is 9.40. The number of pyridine rings is 1. The van der Waals surface area contributed by atoms with E-state index in [2.05, 4.69) is 9.71 Å². The molecule has 0 aliphatic carbocycles. The minimum Gasteiger partial charge on any atom is -0.481 e. The van der Waals surface area contributed by atoms with Gasteiger partial charge in [0.25, 0.3) is 0 Å². The zero-order chi connectivity index (χ0) is 21.0. The van der Waals surface area contributed by atoms with Crippen LogP contribution in [0.3, 0.4) is 0 Å². The van der Waals surface area contributed by atoms with Crippen LogP contribution < -0.4 is 9.46 Å². The van der Waals surface area contributed by atoms with Gasteiger partial charge >= 0.3 is 0 Å². The van der Waals surface area contributed by atoms with Crippen LogP contribution in [0.5, 0.6) is 5.88 Å². The number of aromatic nitrogens is 1. The van der Waals surface area contributed by atoms with Gasteiger partial charge in [-0.3, -0.25) is 0 Å². The Morgan fingerprint density at radius 3 is 2.62 bits per heavy atom. The summed E-state index contributed by atoms with van der Waals surface area (Å²) in [6, 6.07) is 11.9. The molecule has 0 saturated heterocycles. The maximum Gasteiger partial charge on any atom is 0.242 e. The van der Waals surface area contributed by atoms with Crippen molar-refractivity contribution in [1.29, 1.82) is 5.26 Å². The zero-order valence-corrected chi connectivity index (χ0v) is 16.0. The molecule has 0 unspecified atom stereocenters. The van der Waals surface area contributed by atoms with E-state index in [1.165, 1.54) is 37.6 Å². The highest BCUT2D eigenvalue weighted by Crippen LogP contribution is 2.27. The van der Waals surface area contributed by atoms with Crippen molar-refractivity contribution in [3.8, 4) is 23.1 Å². The lowest BCUT2D eigenvalue weighted by molar-refractivity contribution is 0.397. The van der Waals surface area contributed by atoms with E-state index in [9.17, 15) is 22.5 Å². The van der Waals surface area contributed by atoms with E-state index in [0.29, 0.717) is 11.4 Å². The molecule has 2 aromatic carbocycles. The second kappa shape index (κ2) is 8.34. The highest BCUT2D eigenvalue weighted by atomic mass is 32.2. The Kier molecular flexibility index (Phi) is 5.87. The number of nitrogens with one attached hydrogen (secondary N) is 1. The summed E-state index contributed by atoms with van der Waals surface area (Å²) < 4.78 is 59.9. The molecular weight excluding hydrogens is 400 g/mol. The van der Waals surface area contributed by atoms with Gasteiger partial charge in [-0.1, -0.05) is 6.07 Å². The number of halogens is 2. The van der Waals surface area contributed by atoms with Crippen LogP contribution in [0.2, 0.25) is 0 Å². The van der Waals surface area contributed by atoms with Crippen molar-refractivity contribution in [2.75, 3.05) is 7.11 Å². The maximum absolute atomic E-state index is 14.0. The normalized spacial score (nSPS) is 11.1. The molecule has 0 atom stereocenters. The molecule has 0 aliphatic heterocycles. The molecule has 3 rings (SSSR count). The number of hydrogen-bond acceptors (Lipinski definition) is 5. The Bertz CT molecular complexity index is 1210. The van der Waals surface area contributed by atoms with Gasteiger partial charge in [0.05, 0.1) is 17.6 Å². The van der Waals surface area contributed by atoms with Gasteiger partial charge in [0, 0.05) is 30.4 Å². The van der Waals surface area contributed by atoms with Crippen LogP contribution >= 0.6 is 0 Å². The molecule has 0 fully saturated rings. The fraction of sp³-hybridized carbons (Fsp3) is 0.100. The van der Waals surface area contributed by atoms with Crippen LogP contribution in [0, 0.1) is 23.0 Å². The number of rotatable bonds is 6.